The van der Waals surface area contributed by atoms with Crippen LogP contribution in [0, 0.1) is 34.5 Å². The number of amides is 1. The number of rotatable bonds is 7. The molecule has 1 aliphatic heterocycles. The third-order valence-electron chi connectivity index (χ3n) is 13.2. The molecule has 45 heavy (non-hydrogen) atoms. The Hall–Kier alpha value is -2.71. The number of nitrogens with zero attached hydrogens (tertiary/aromatic N) is 2. The Labute approximate surface area is 273 Å². The number of piperazine rings is 1. The van der Waals surface area contributed by atoms with E-state index in [0.717, 1.165) is 86.8 Å². The zero-order chi connectivity index (χ0) is 31.3. The highest BCUT2D eigenvalue weighted by atomic mass is 16.5. The minimum atomic E-state index is -0.360. The van der Waals surface area contributed by atoms with Gasteiger partial charge in [-0.05, 0) is 111 Å². The van der Waals surface area contributed by atoms with Crippen molar-refractivity contribution in [3.05, 3.63) is 40.2 Å². The average molecular weight is 626 g/mol. The molecule has 5 fully saturated rings. The van der Waals surface area contributed by atoms with Crippen LogP contribution in [0.15, 0.2) is 33.5 Å². The smallest absolute Gasteiger partial charge is 0.336 e. The summed E-state index contributed by atoms with van der Waals surface area (Å²) in [4.78, 5) is 42.2. The molecule has 3 unspecified atom stereocenters. The molecule has 2 aromatic rings. The number of likely N-dealkylation sites (N-methyl/N-ethyl adjacent to an activating group) is 1. The van der Waals surface area contributed by atoms with Crippen LogP contribution in [-0.2, 0) is 20.7 Å². The van der Waals surface area contributed by atoms with Gasteiger partial charge >= 0.3 is 5.63 Å². The second-order valence-corrected chi connectivity index (χ2v) is 15.5. The van der Waals surface area contributed by atoms with Crippen LogP contribution >= 0.6 is 0 Å². The van der Waals surface area contributed by atoms with Crippen molar-refractivity contribution in [3.63, 3.8) is 0 Å². The first kappa shape index (κ1) is 30.9. The quantitative estimate of drug-likeness (QED) is 0.367. The minimum absolute atomic E-state index is 0. The van der Waals surface area contributed by atoms with Crippen LogP contribution < -0.4 is 15.8 Å². The number of ketones is 1. The number of fused-ring (bicyclic) bond motifs is 6. The fraction of sp³-hybridized carbons (Fsp3) is 0.703. The van der Waals surface area contributed by atoms with E-state index >= 15 is 0 Å². The predicted molar refractivity (Wildman–Crippen MR) is 184 cm³/mol. The largest absolute Gasteiger partial charge is 0.423 e. The van der Waals surface area contributed by atoms with Gasteiger partial charge in [0.05, 0.1) is 6.10 Å². The number of nitrogens with one attached hydrogen (secondary N) is 1. The number of Topliss-reactive ketones (excluding diaryl/α,β-unsaturated/α-hetero) is 1. The van der Waals surface area contributed by atoms with Crippen molar-refractivity contribution in [1.29, 1.82) is 0 Å². The van der Waals surface area contributed by atoms with Gasteiger partial charge in [-0.1, -0.05) is 13.8 Å². The molecule has 7 rings (SSSR count). The van der Waals surface area contributed by atoms with Crippen LogP contribution in [0.5, 0.6) is 0 Å². The van der Waals surface area contributed by atoms with E-state index in [-0.39, 0.29) is 35.4 Å². The van der Waals surface area contributed by atoms with Crippen LogP contribution in [0.2, 0.25) is 0 Å². The molecule has 7 atom stereocenters. The first-order valence-corrected chi connectivity index (χ1v) is 17.5. The second-order valence-electron chi connectivity index (χ2n) is 15.5. The fourth-order valence-electron chi connectivity index (χ4n) is 10.5. The molecule has 1 aromatic carbocycles. The van der Waals surface area contributed by atoms with Gasteiger partial charge in [0.25, 0.3) is 0 Å². The molecule has 2 heterocycles. The summed E-state index contributed by atoms with van der Waals surface area (Å²) in [5.74, 6) is 3.04. The van der Waals surface area contributed by atoms with E-state index in [1.54, 1.807) is 6.07 Å². The summed E-state index contributed by atoms with van der Waals surface area (Å²) in [6, 6.07) is 7.67. The van der Waals surface area contributed by atoms with Crippen LogP contribution in [0.4, 0.5) is 5.69 Å². The summed E-state index contributed by atoms with van der Waals surface area (Å²) >= 11 is 0. The summed E-state index contributed by atoms with van der Waals surface area (Å²) < 4.78 is 12.0. The summed E-state index contributed by atoms with van der Waals surface area (Å²) in [5.41, 5.74) is 2.64. The first-order valence-electron chi connectivity index (χ1n) is 17.5. The molecule has 1 aromatic heterocycles. The molecule has 8 nitrogen and oxygen atoms in total. The highest BCUT2D eigenvalue weighted by Crippen LogP contribution is 2.66. The third kappa shape index (κ3) is 5.75. The maximum atomic E-state index is 12.9. The Balaban J connectivity index is 0.00000163. The number of anilines is 1. The molecule has 0 radical (unpaired) electrons. The van der Waals surface area contributed by atoms with Crippen molar-refractivity contribution < 1.29 is 24.4 Å². The number of benzene rings is 1. The molecule has 0 bridgehead atoms. The molecule has 4 aliphatic carbocycles. The monoisotopic (exact) mass is 625 g/mol. The predicted octanol–water partition coefficient (Wildman–Crippen LogP) is 6.18. The normalized spacial score (nSPS) is 35.1. The zero-order valence-electron chi connectivity index (χ0n) is 27.4. The lowest BCUT2D eigenvalue weighted by molar-refractivity contribution is -0.148. The number of hydrogen-bond acceptors (Lipinski definition) is 7. The highest BCUT2D eigenvalue weighted by Gasteiger charge is 2.60. The average Bonchev–Trinajstić information content (AvgIpc) is 3.36. The fourth-order valence-corrected chi connectivity index (χ4v) is 10.5. The molecule has 1 saturated heterocycles. The molecular weight excluding hydrogens is 566 g/mol. The number of carbonyl (C=O) groups excluding carboxylic acids is 2. The summed E-state index contributed by atoms with van der Waals surface area (Å²) in [6.07, 6.45) is 10.3. The molecule has 1 N–H and O–H groups in total. The lowest BCUT2D eigenvalue weighted by atomic mass is 9.45. The maximum Gasteiger partial charge on any atom is 0.336 e. The molecule has 4 saturated carbocycles. The first-order chi connectivity index (χ1) is 21.6. The van der Waals surface area contributed by atoms with Gasteiger partial charge in [-0.15, -0.1) is 0 Å². The van der Waals surface area contributed by atoms with Crippen molar-refractivity contribution in [2.24, 2.45) is 34.5 Å². The van der Waals surface area contributed by atoms with Crippen LogP contribution in [0.1, 0.15) is 82.9 Å². The standard InChI is InChI=1S/C37H51N3O5.4H2/c1-36-13-10-27(41)21-25(36)4-6-29-30-8-9-33(37(30,2)14-11-31(29)36)44-23-34(42)38-15-12-24-20-35(43)45-32-22-26(5-7-28(24)32)40-18-16-39(3)17-19-40;;;;/h5,7,20,22,25,29-31,33H,4,6,8-19,21,23H2,1-3H3,(H,38,42);4*1H/t25?,29-,30?,31?,33-,36-,37-;;;;/m0..../s1. The molecular formula is C37H59N3O5. The van der Waals surface area contributed by atoms with Crippen LogP contribution in [-0.4, -0.2) is 69.1 Å². The van der Waals surface area contributed by atoms with Crippen molar-refractivity contribution in [1.82, 2.24) is 10.2 Å². The Morgan fingerprint density at radius 3 is 2.62 bits per heavy atom. The van der Waals surface area contributed by atoms with E-state index in [4.69, 9.17) is 9.15 Å². The molecule has 252 valence electrons. The SMILES string of the molecule is CN1CCN(c2ccc3c(CCNC(=O)CO[C@H]4CCC5[C@@H]6CCC7CC(=O)CC[C@]7(C)C6CC[C@@]54C)cc(=O)oc3c2)CC1.[HH].[HH].[HH].[HH]. The van der Waals surface area contributed by atoms with E-state index < -0.39 is 0 Å². The Bertz CT molecular complexity index is 1520. The third-order valence-corrected chi connectivity index (χ3v) is 13.2. The Morgan fingerprint density at radius 2 is 1.80 bits per heavy atom. The van der Waals surface area contributed by atoms with Crippen molar-refractivity contribution in [2.75, 3.05) is 51.3 Å². The van der Waals surface area contributed by atoms with Gasteiger partial charge < -0.3 is 24.3 Å². The molecule has 5 aliphatic rings. The maximum absolute atomic E-state index is 12.9. The van der Waals surface area contributed by atoms with Gasteiger partial charge in [0.15, 0.2) is 0 Å². The van der Waals surface area contributed by atoms with Crippen LogP contribution in [0.25, 0.3) is 11.0 Å². The summed E-state index contributed by atoms with van der Waals surface area (Å²) in [6.45, 7) is 9.35. The van der Waals surface area contributed by atoms with Gasteiger partial charge in [-0.25, -0.2) is 4.79 Å². The number of carbonyl (C=O) groups is 2. The van der Waals surface area contributed by atoms with Gasteiger partial charge in [-0.2, -0.15) is 0 Å². The van der Waals surface area contributed by atoms with E-state index in [1.807, 2.05) is 12.1 Å². The van der Waals surface area contributed by atoms with Crippen molar-refractivity contribution in [3.8, 4) is 0 Å². The van der Waals surface area contributed by atoms with Crippen molar-refractivity contribution in [2.45, 2.75) is 84.2 Å². The van der Waals surface area contributed by atoms with E-state index in [2.05, 4.69) is 42.1 Å². The van der Waals surface area contributed by atoms with Gasteiger partial charge in [0, 0.05) is 74.5 Å². The van der Waals surface area contributed by atoms with Gasteiger partial charge in [-0.3, -0.25) is 9.59 Å². The Morgan fingerprint density at radius 1 is 1.00 bits per heavy atom. The van der Waals surface area contributed by atoms with E-state index in [9.17, 15) is 14.4 Å². The highest BCUT2D eigenvalue weighted by molar-refractivity contribution is 5.84. The van der Waals surface area contributed by atoms with Crippen LogP contribution in [0.3, 0.4) is 0 Å². The van der Waals surface area contributed by atoms with E-state index in [0.29, 0.717) is 41.6 Å². The second kappa shape index (κ2) is 12.1. The lowest BCUT2D eigenvalue weighted by Crippen LogP contribution is -2.54. The lowest BCUT2D eigenvalue weighted by Gasteiger charge is -2.60. The van der Waals surface area contributed by atoms with Crippen molar-refractivity contribution >= 4 is 28.3 Å². The summed E-state index contributed by atoms with van der Waals surface area (Å²) in [7, 11) is 2.14. The van der Waals surface area contributed by atoms with E-state index in [1.165, 1.54) is 25.7 Å². The minimum Gasteiger partial charge on any atom is -0.423 e. The van der Waals surface area contributed by atoms with Gasteiger partial charge in [0.2, 0.25) is 5.91 Å². The molecule has 8 heteroatoms. The molecule has 1 amide bonds. The summed E-state index contributed by atoms with van der Waals surface area (Å²) in [5, 5.41) is 3.96. The van der Waals surface area contributed by atoms with Gasteiger partial charge in [0.1, 0.15) is 18.0 Å². The number of hydrogen-bond donors (Lipinski definition) is 1. The Kier molecular flexibility index (Phi) is 8.34. The topological polar surface area (TPSA) is 92.1 Å². The zero-order valence-corrected chi connectivity index (χ0v) is 27.4. The number of ether oxygens (including phenoxy) is 1. The molecule has 0 spiro atoms.